The number of rotatable bonds is 6. The number of ether oxygens (including phenoxy) is 1. The minimum absolute atomic E-state index is 0.111. The van der Waals surface area contributed by atoms with Gasteiger partial charge < -0.3 is 9.84 Å². The molecular weight excluding hydrogens is 386 g/mol. The number of nitrogens with zero attached hydrogens (tertiary/aromatic N) is 1. The maximum absolute atomic E-state index is 12.5. The number of carboxylic acids is 1. The van der Waals surface area contributed by atoms with E-state index in [1.807, 2.05) is 0 Å². The van der Waals surface area contributed by atoms with Crippen molar-refractivity contribution < 1.29 is 27.9 Å². The van der Waals surface area contributed by atoms with Crippen LogP contribution in [0.2, 0.25) is 0 Å². The second-order valence-corrected chi connectivity index (χ2v) is 8.36. The number of halogens is 1. The van der Waals surface area contributed by atoms with Gasteiger partial charge >= 0.3 is 11.9 Å². The molecule has 0 aromatic carbocycles. The monoisotopic (exact) mass is 399 g/mol. The molecule has 1 N–H and O–H groups in total. The van der Waals surface area contributed by atoms with Crippen molar-refractivity contribution in [2.24, 2.45) is 0 Å². The molecule has 1 heterocycles. The maximum Gasteiger partial charge on any atom is 0.348 e. The molecule has 0 saturated heterocycles. The number of hydrogen-bond acceptors (Lipinski definition) is 6. The Morgan fingerprint density at radius 3 is 2.52 bits per heavy atom. The number of hydrogen-bond donors (Lipinski definition) is 1. The van der Waals surface area contributed by atoms with E-state index < -0.39 is 28.0 Å². The number of carboxylic acid groups (broad SMARTS) is 1. The summed E-state index contributed by atoms with van der Waals surface area (Å²) in [5, 5.41) is 9.07. The molecule has 0 fully saturated rings. The van der Waals surface area contributed by atoms with Gasteiger partial charge in [-0.05, 0) is 28.4 Å². The fourth-order valence-corrected chi connectivity index (χ4v) is 5.46. The first-order valence-corrected chi connectivity index (χ1v) is 8.80. The van der Waals surface area contributed by atoms with Crippen LogP contribution in [0, 0.1) is 0 Å². The average Bonchev–Trinajstić information content (AvgIpc) is 2.80. The zero-order valence-electron chi connectivity index (χ0n) is 11.5. The third-order valence-corrected chi connectivity index (χ3v) is 6.91. The van der Waals surface area contributed by atoms with Crippen LogP contribution in [-0.4, -0.2) is 50.0 Å². The van der Waals surface area contributed by atoms with Gasteiger partial charge in [0, 0.05) is 7.05 Å². The van der Waals surface area contributed by atoms with Gasteiger partial charge in [0.25, 0.3) is 0 Å². The van der Waals surface area contributed by atoms with Crippen LogP contribution in [0.15, 0.2) is 14.7 Å². The summed E-state index contributed by atoms with van der Waals surface area (Å²) in [5.74, 6) is -1.89. The fourth-order valence-electron chi connectivity index (χ4n) is 1.64. The number of aliphatic carboxylic acids is 1. The summed E-state index contributed by atoms with van der Waals surface area (Å²) in [6, 6.07) is -0.00978. The highest BCUT2D eigenvalue weighted by atomic mass is 79.9. The smallest absolute Gasteiger partial charge is 0.348 e. The van der Waals surface area contributed by atoms with E-state index in [0.717, 1.165) is 15.6 Å². The van der Waals surface area contributed by atoms with Crippen molar-refractivity contribution in [2.45, 2.75) is 24.3 Å². The molecule has 1 rings (SSSR count). The molecule has 0 aliphatic carbocycles. The molecule has 0 spiro atoms. The van der Waals surface area contributed by atoms with E-state index >= 15 is 0 Å². The van der Waals surface area contributed by atoms with E-state index in [1.165, 1.54) is 20.2 Å². The highest BCUT2D eigenvalue weighted by Gasteiger charge is 2.34. The quantitative estimate of drug-likeness (QED) is 0.731. The summed E-state index contributed by atoms with van der Waals surface area (Å²) in [4.78, 5) is 22.5. The molecule has 0 aliphatic rings. The lowest BCUT2D eigenvalue weighted by molar-refractivity contribution is -0.141. The van der Waals surface area contributed by atoms with Gasteiger partial charge in [0.1, 0.15) is 15.8 Å². The third kappa shape index (κ3) is 3.62. The molecule has 0 saturated carbocycles. The van der Waals surface area contributed by atoms with Crippen LogP contribution in [0.3, 0.4) is 0 Å². The fraction of sp³-hybridized carbons (Fsp3) is 0.455. The molecule has 7 nitrogen and oxygen atoms in total. The lowest BCUT2D eigenvalue weighted by Gasteiger charge is -2.22. The molecule has 1 aromatic rings. The lowest BCUT2D eigenvalue weighted by atomic mass is 10.2. The normalized spacial score (nSPS) is 13.2. The highest BCUT2D eigenvalue weighted by Crippen LogP contribution is 2.34. The Morgan fingerprint density at radius 1 is 1.52 bits per heavy atom. The first-order valence-electron chi connectivity index (χ1n) is 5.75. The second kappa shape index (κ2) is 6.86. The summed E-state index contributed by atoms with van der Waals surface area (Å²) in [6.45, 7) is 1.58. The number of carbonyl (C=O) groups is 2. The van der Waals surface area contributed by atoms with Crippen LogP contribution < -0.4 is 0 Å². The van der Waals surface area contributed by atoms with E-state index in [0.29, 0.717) is 0 Å². The van der Waals surface area contributed by atoms with E-state index in [2.05, 4.69) is 20.7 Å². The summed E-state index contributed by atoms with van der Waals surface area (Å²) < 4.78 is 30.5. The summed E-state index contributed by atoms with van der Waals surface area (Å²) >= 11 is 3.99. The van der Waals surface area contributed by atoms with Gasteiger partial charge in [-0.1, -0.05) is 6.92 Å². The molecule has 21 heavy (non-hydrogen) atoms. The average molecular weight is 400 g/mol. The van der Waals surface area contributed by atoms with Crippen molar-refractivity contribution in [3.05, 3.63) is 14.7 Å². The maximum atomic E-state index is 12.5. The van der Waals surface area contributed by atoms with Crippen molar-refractivity contribution in [3.8, 4) is 0 Å². The molecule has 1 unspecified atom stereocenters. The number of esters is 1. The van der Waals surface area contributed by atoms with Crippen LogP contribution in [0.5, 0.6) is 0 Å². The Hall–Kier alpha value is -0.970. The predicted molar refractivity (Wildman–Crippen MR) is 80.0 cm³/mol. The first-order chi connectivity index (χ1) is 9.66. The van der Waals surface area contributed by atoms with Gasteiger partial charge in [0.05, 0.1) is 10.9 Å². The summed E-state index contributed by atoms with van der Waals surface area (Å²) in [6.07, 6.45) is 0.122. The zero-order chi connectivity index (χ0) is 16.4. The SMILES string of the molecule is CCC(C(=O)O)N(C)S(=O)(=O)c1cc(C(=O)OC)sc1Br. The summed E-state index contributed by atoms with van der Waals surface area (Å²) in [7, 11) is -1.66. The number of likely N-dealkylation sites (N-methyl/N-ethyl adjacent to an activating group) is 1. The van der Waals surface area contributed by atoms with E-state index in [-0.39, 0.29) is 20.0 Å². The number of sulfonamides is 1. The van der Waals surface area contributed by atoms with E-state index in [1.54, 1.807) is 6.92 Å². The van der Waals surface area contributed by atoms with Gasteiger partial charge in [0.2, 0.25) is 10.0 Å². The topological polar surface area (TPSA) is 101 Å². The molecule has 0 bridgehead atoms. The Bertz CT molecular complexity index is 654. The first kappa shape index (κ1) is 18.1. The molecule has 0 amide bonds. The molecule has 1 atom stereocenters. The minimum atomic E-state index is -4.04. The van der Waals surface area contributed by atoms with Gasteiger partial charge in [-0.2, -0.15) is 4.31 Å². The molecule has 0 aliphatic heterocycles. The number of methoxy groups -OCH3 is 1. The van der Waals surface area contributed by atoms with Gasteiger partial charge in [0.15, 0.2) is 0 Å². The standard InChI is InChI=1S/C11H14BrNO6S2/c1-4-6(10(14)15)13(2)21(17,18)8-5-7(11(16)19-3)20-9(8)12/h5-6H,4H2,1-3H3,(H,14,15). The Balaban J connectivity index is 3.28. The molecular formula is C11H14BrNO6S2. The van der Waals surface area contributed by atoms with E-state index in [4.69, 9.17) is 5.11 Å². The summed E-state index contributed by atoms with van der Waals surface area (Å²) in [5.41, 5.74) is 0. The molecule has 1 aromatic heterocycles. The number of carbonyl (C=O) groups excluding carboxylic acids is 1. The molecule has 10 heteroatoms. The zero-order valence-corrected chi connectivity index (χ0v) is 14.7. The lowest BCUT2D eigenvalue weighted by Crippen LogP contribution is -2.41. The molecule has 0 radical (unpaired) electrons. The van der Waals surface area contributed by atoms with E-state index in [9.17, 15) is 18.0 Å². The van der Waals surface area contributed by atoms with Crippen molar-refractivity contribution in [2.75, 3.05) is 14.2 Å². The molecule has 118 valence electrons. The van der Waals surface area contributed by atoms with Crippen molar-refractivity contribution in [1.29, 1.82) is 0 Å². The van der Waals surface area contributed by atoms with Crippen LogP contribution in [0.1, 0.15) is 23.0 Å². The predicted octanol–water partition coefficient (Wildman–Crippen LogP) is 1.78. The third-order valence-electron chi connectivity index (χ3n) is 2.81. The van der Waals surface area contributed by atoms with Crippen LogP contribution in [0.4, 0.5) is 0 Å². The van der Waals surface area contributed by atoms with Crippen molar-refractivity contribution >= 4 is 49.2 Å². The van der Waals surface area contributed by atoms with Gasteiger partial charge in [-0.25, -0.2) is 13.2 Å². The van der Waals surface area contributed by atoms with Crippen LogP contribution >= 0.6 is 27.3 Å². The van der Waals surface area contributed by atoms with Gasteiger partial charge in [-0.15, -0.1) is 11.3 Å². The van der Waals surface area contributed by atoms with Crippen molar-refractivity contribution in [3.63, 3.8) is 0 Å². The Labute approximate surface area is 134 Å². The van der Waals surface area contributed by atoms with Crippen LogP contribution in [-0.2, 0) is 19.6 Å². The van der Waals surface area contributed by atoms with Gasteiger partial charge in [-0.3, -0.25) is 4.79 Å². The van der Waals surface area contributed by atoms with Crippen molar-refractivity contribution in [1.82, 2.24) is 4.31 Å². The van der Waals surface area contributed by atoms with Crippen LogP contribution in [0.25, 0.3) is 0 Å². The highest BCUT2D eigenvalue weighted by molar-refractivity contribution is 9.11. The largest absolute Gasteiger partial charge is 0.480 e. The Kier molecular flexibility index (Phi) is 5.91. The minimum Gasteiger partial charge on any atom is -0.480 e. The second-order valence-electron chi connectivity index (χ2n) is 4.02. The number of thiophene rings is 1. The Morgan fingerprint density at radius 2 is 2.10 bits per heavy atom.